The molecule has 0 aliphatic carbocycles. The summed E-state index contributed by atoms with van der Waals surface area (Å²) < 4.78 is 11.1. The third-order valence-corrected chi connectivity index (χ3v) is 4.55. The largest absolute Gasteiger partial charge is 0.377 e. The molecule has 1 N–H and O–H groups in total. The van der Waals surface area contributed by atoms with Crippen LogP contribution in [-0.4, -0.2) is 66.6 Å². The fourth-order valence-corrected chi connectivity index (χ4v) is 3.30. The van der Waals surface area contributed by atoms with Gasteiger partial charge in [-0.3, -0.25) is 4.98 Å². The molecule has 2 aromatic heterocycles. The van der Waals surface area contributed by atoms with Gasteiger partial charge in [-0.05, 0) is 24.6 Å². The number of hydrogen-bond donors (Lipinski definition) is 1. The normalized spacial score (nSPS) is 22.1. The Hall–Kier alpha value is -2.09. The second-order valence-electron chi connectivity index (χ2n) is 6.43. The highest BCUT2D eigenvalue weighted by atomic mass is 16.5. The summed E-state index contributed by atoms with van der Waals surface area (Å²) in [4.78, 5) is 15.6. The Morgan fingerprint density at radius 2 is 1.96 bits per heavy atom. The maximum atomic E-state index is 5.56. The van der Waals surface area contributed by atoms with E-state index in [4.69, 9.17) is 14.5 Å². The van der Waals surface area contributed by atoms with Crippen molar-refractivity contribution in [1.82, 2.24) is 20.3 Å². The molecule has 4 heterocycles. The van der Waals surface area contributed by atoms with Crippen molar-refractivity contribution in [3.8, 4) is 11.3 Å². The summed E-state index contributed by atoms with van der Waals surface area (Å²) in [5.41, 5.74) is 1.91. The lowest BCUT2D eigenvalue weighted by molar-refractivity contribution is 0.103. The Labute approximate surface area is 147 Å². The zero-order valence-electron chi connectivity index (χ0n) is 14.2. The van der Waals surface area contributed by atoms with Gasteiger partial charge in [0.1, 0.15) is 0 Å². The highest BCUT2D eigenvalue weighted by molar-refractivity contribution is 5.58. The second-order valence-corrected chi connectivity index (χ2v) is 6.43. The van der Waals surface area contributed by atoms with Crippen LogP contribution in [0.2, 0.25) is 0 Å². The molecular formula is C18H23N5O2. The molecule has 1 unspecified atom stereocenters. The molecule has 4 rings (SSSR count). The van der Waals surface area contributed by atoms with Gasteiger partial charge in [0.15, 0.2) is 0 Å². The maximum absolute atomic E-state index is 5.56. The van der Waals surface area contributed by atoms with Crippen molar-refractivity contribution in [3.05, 3.63) is 36.8 Å². The zero-order valence-corrected chi connectivity index (χ0v) is 14.2. The van der Waals surface area contributed by atoms with Crippen LogP contribution < -0.4 is 10.2 Å². The Kier molecular flexibility index (Phi) is 5.15. The van der Waals surface area contributed by atoms with E-state index in [1.807, 2.05) is 30.6 Å². The van der Waals surface area contributed by atoms with Crippen LogP contribution in [0.15, 0.2) is 36.8 Å². The van der Waals surface area contributed by atoms with E-state index in [1.54, 1.807) is 6.20 Å². The third-order valence-electron chi connectivity index (χ3n) is 4.55. The molecule has 2 aliphatic heterocycles. The number of aromatic nitrogens is 3. The molecule has 132 valence electrons. The first-order chi connectivity index (χ1) is 12.4. The molecule has 2 aliphatic rings. The van der Waals surface area contributed by atoms with Gasteiger partial charge in [-0.25, -0.2) is 9.97 Å². The van der Waals surface area contributed by atoms with E-state index < -0.39 is 0 Å². The molecule has 0 spiro atoms. The smallest absolute Gasteiger partial charge is 0.225 e. The van der Waals surface area contributed by atoms with E-state index in [0.29, 0.717) is 32.5 Å². The van der Waals surface area contributed by atoms with Crippen LogP contribution >= 0.6 is 0 Å². The fraction of sp³-hybridized carbons (Fsp3) is 0.500. The summed E-state index contributed by atoms with van der Waals surface area (Å²) in [5.74, 6) is 0.777. The average molecular weight is 341 g/mol. The van der Waals surface area contributed by atoms with Gasteiger partial charge in [0.2, 0.25) is 5.95 Å². The minimum Gasteiger partial charge on any atom is -0.377 e. The first kappa shape index (κ1) is 16.4. The predicted molar refractivity (Wildman–Crippen MR) is 94.4 cm³/mol. The molecule has 0 bridgehead atoms. The van der Waals surface area contributed by atoms with Gasteiger partial charge < -0.3 is 19.7 Å². The number of nitrogens with one attached hydrogen (secondary N) is 1. The molecule has 2 saturated heterocycles. The van der Waals surface area contributed by atoms with Gasteiger partial charge in [-0.1, -0.05) is 0 Å². The summed E-state index contributed by atoms with van der Waals surface area (Å²) in [6, 6.07) is 6.52. The van der Waals surface area contributed by atoms with Crippen LogP contribution in [-0.2, 0) is 9.47 Å². The van der Waals surface area contributed by atoms with Gasteiger partial charge in [0.25, 0.3) is 0 Å². The quantitative estimate of drug-likeness (QED) is 0.893. The summed E-state index contributed by atoms with van der Waals surface area (Å²) in [6.07, 6.45) is 6.48. The standard InChI is InChI=1S/C18H23N5O2/c1-2-14(10-19-5-1)17-3-6-20-18(22-17)23-7-4-15(11-23)21-16-12-24-8-9-25-13-16/h1-3,5-6,10,15-16,21H,4,7-9,11-13H2. The first-order valence-electron chi connectivity index (χ1n) is 8.78. The van der Waals surface area contributed by atoms with Crippen molar-refractivity contribution in [3.63, 3.8) is 0 Å². The number of ether oxygens (including phenoxy) is 2. The number of rotatable bonds is 4. The third kappa shape index (κ3) is 4.12. The Morgan fingerprint density at radius 3 is 2.76 bits per heavy atom. The Morgan fingerprint density at radius 1 is 1.08 bits per heavy atom. The van der Waals surface area contributed by atoms with Crippen molar-refractivity contribution in [1.29, 1.82) is 0 Å². The van der Waals surface area contributed by atoms with E-state index in [0.717, 1.165) is 36.7 Å². The molecule has 0 radical (unpaired) electrons. The molecule has 0 amide bonds. The number of nitrogens with zero attached hydrogens (tertiary/aromatic N) is 4. The number of anilines is 1. The topological polar surface area (TPSA) is 72.4 Å². The van der Waals surface area contributed by atoms with Gasteiger partial charge in [0, 0.05) is 43.3 Å². The predicted octanol–water partition coefficient (Wildman–Crippen LogP) is 1.12. The van der Waals surface area contributed by atoms with Gasteiger partial charge >= 0.3 is 0 Å². The Bertz CT molecular complexity index is 676. The SMILES string of the molecule is c1cncc(-c2ccnc(N3CCC(NC4COCCOC4)C3)n2)c1. The van der Waals surface area contributed by atoms with Crippen LogP contribution in [0.5, 0.6) is 0 Å². The lowest BCUT2D eigenvalue weighted by Gasteiger charge is -2.21. The van der Waals surface area contributed by atoms with E-state index >= 15 is 0 Å². The first-order valence-corrected chi connectivity index (χ1v) is 8.78. The number of pyridine rings is 1. The van der Waals surface area contributed by atoms with Crippen molar-refractivity contribution in [2.75, 3.05) is 44.4 Å². The molecule has 0 saturated carbocycles. The molecule has 2 fully saturated rings. The van der Waals surface area contributed by atoms with Gasteiger partial charge in [0.05, 0.1) is 38.2 Å². The summed E-state index contributed by atoms with van der Waals surface area (Å²) in [6.45, 7) is 4.64. The van der Waals surface area contributed by atoms with Crippen LogP contribution in [0.3, 0.4) is 0 Å². The van der Waals surface area contributed by atoms with E-state index in [1.165, 1.54) is 0 Å². The van der Waals surface area contributed by atoms with E-state index in [-0.39, 0.29) is 6.04 Å². The average Bonchev–Trinajstić information content (AvgIpc) is 2.98. The van der Waals surface area contributed by atoms with Gasteiger partial charge in [-0.15, -0.1) is 0 Å². The highest BCUT2D eigenvalue weighted by Crippen LogP contribution is 2.21. The van der Waals surface area contributed by atoms with Crippen molar-refractivity contribution >= 4 is 5.95 Å². The fourth-order valence-electron chi connectivity index (χ4n) is 3.30. The van der Waals surface area contributed by atoms with Crippen molar-refractivity contribution in [2.24, 2.45) is 0 Å². The van der Waals surface area contributed by atoms with Crippen LogP contribution in [0, 0.1) is 0 Å². The highest BCUT2D eigenvalue weighted by Gasteiger charge is 2.27. The molecule has 7 heteroatoms. The molecule has 2 aromatic rings. The van der Waals surface area contributed by atoms with Gasteiger partial charge in [-0.2, -0.15) is 0 Å². The molecule has 25 heavy (non-hydrogen) atoms. The monoisotopic (exact) mass is 341 g/mol. The molecule has 7 nitrogen and oxygen atoms in total. The van der Waals surface area contributed by atoms with Crippen LogP contribution in [0.4, 0.5) is 5.95 Å². The molecular weight excluding hydrogens is 318 g/mol. The zero-order chi connectivity index (χ0) is 16.9. The molecule has 1 atom stereocenters. The minimum absolute atomic E-state index is 0.259. The minimum atomic E-state index is 0.259. The summed E-state index contributed by atoms with van der Waals surface area (Å²) in [7, 11) is 0. The lowest BCUT2D eigenvalue weighted by Crippen LogP contribution is -2.44. The van der Waals surface area contributed by atoms with Crippen molar-refractivity contribution < 1.29 is 9.47 Å². The number of hydrogen-bond acceptors (Lipinski definition) is 7. The van der Waals surface area contributed by atoms with Crippen LogP contribution in [0.1, 0.15) is 6.42 Å². The maximum Gasteiger partial charge on any atom is 0.225 e. The van der Waals surface area contributed by atoms with E-state index in [9.17, 15) is 0 Å². The van der Waals surface area contributed by atoms with E-state index in [2.05, 4.69) is 20.2 Å². The van der Waals surface area contributed by atoms with Crippen LogP contribution in [0.25, 0.3) is 11.3 Å². The molecule has 0 aromatic carbocycles. The Balaban J connectivity index is 1.40. The van der Waals surface area contributed by atoms with Crippen molar-refractivity contribution in [2.45, 2.75) is 18.5 Å². The summed E-state index contributed by atoms with van der Waals surface area (Å²) >= 11 is 0. The summed E-state index contributed by atoms with van der Waals surface area (Å²) in [5, 5.41) is 3.65. The second kappa shape index (κ2) is 7.86. The lowest BCUT2D eigenvalue weighted by atomic mass is 10.2.